The van der Waals surface area contributed by atoms with Crippen LogP contribution in [-0.2, 0) is 4.79 Å². The van der Waals surface area contributed by atoms with Crippen molar-refractivity contribution in [3.63, 3.8) is 0 Å². The highest BCUT2D eigenvalue weighted by molar-refractivity contribution is 5.75. The van der Waals surface area contributed by atoms with Crippen LogP contribution in [0.1, 0.15) is 24.6 Å². The number of ether oxygens (including phenoxy) is 2. The van der Waals surface area contributed by atoms with Gasteiger partial charge in [0, 0.05) is 0 Å². The average molecular weight is 238 g/mol. The zero-order valence-electron chi connectivity index (χ0n) is 9.71. The van der Waals surface area contributed by atoms with E-state index in [1.165, 1.54) is 20.3 Å². The van der Waals surface area contributed by atoms with Gasteiger partial charge in [0.15, 0.2) is 5.82 Å². The molecule has 2 rings (SSSR count). The number of carbonyl (C=O) groups is 1. The van der Waals surface area contributed by atoms with Gasteiger partial charge in [-0.15, -0.1) is 0 Å². The summed E-state index contributed by atoms with van der Waals surface area (Å²) in [6.07, 6.45) is 1.81. The zero-order chi connectivity index (χ0) is 12.4. The molecule has 1 saturated carbocycles. The van der Waals surface area contributed by atoms with Crippen molar-refractivity contribution in [2.75, 3.05) is 14.2 Å². The van der Waals surface area contributed by atoms with Crippen molar-refractivity contribution in [2.24, 2.45) is 5.92 Å². The van der Waals surface area contributed by atoms with Crippen LogP contribution in [0.4, 0.5) is 0 Å². The zero-order valence-corrected chi connectivity index (χ0v) is 9.71. The fraction of sp³-hybridized carbons (Fsp3) is 0.545. The van der Waals surface area contributed by atoms with Gasteiger partial charge in [-0.05, 0) is 18.8 Å². The van der Waals surface area contributed by atoms with E-state index in [1.54, 1.807) is 0 Å². The smallest absolute Gasteiger partial charge is 0.314 e. The molecule has 0 aromatic carbocycles. The van der Waals surface area contributed by atoms with Crippen molar-refractivity contribution >= 4 is 5.97 Å². The Morgan fingerprint density at radius 3 is 2.24 bits per heavy atom. The van der Waals surface area contributed by atoms with Gasteiger partial charge < -0.3 is 14.6 Å². The molecule has 1 fully saturated rings. The summed E-state index contributed by atoms with van der Waals surface area (Å²) in [4.78, 5) is 19.4. The molecule has 1 aliphatic rings. The van der Waals surface area contributed by atoms with E-state index in [2.05, 4.69) is 9.97 Å². The molecule has 17 heavy (non-hydrogen) atoms. The van der Waals surface area contributed by atoms with Gasteiger partial charge in [-0.2, -0.15) is 9.97 Å². The molecule has 0 aliphatic heterocycles. The molecule has 0 bridgehead atoms. The number of hydrogen-bond acceptors (Lipinski definition) is 5. The monoisotopic (exact) mass is 238 g/mol. The second-order valence-corrected chi connectivity index (χ2v) is 3.96. The van der Waals surface area contributed by atoms with E-state index >= 15 is 0 Å². The lowest BCUT2D eigenvalue weighted by Crippen LogP contribution is -2.17. The summed E-state index contributed by atoms with van der Waals surface area (Å²) in [5.41, 5.74) is 0. The van der Waals surface area contributed by atoms with Gasteiger partial charge in [0.2, 0.25) is 11.8 Å². The maximum atomic E-state index is 11.2. The molecule has 1 unspecified atom stereocenters. The minimum atomic E-state index is -0.900. The van der Waals surface area contributed by atoms with Gasteiger partial charge in [-0.1, -0.05) is 0 Å². The van der Waals surface area contributed by atoms with Crippen LogP contribution in [0.5, 0.6) is 11.8 Å². The highest BCUT2D eigenvalue weighted by Crippen LogP contribution is 2.42. The second-order valence-electron chi connectivity index (χ2n) is 3.96. The number of hydrogen-bond donors (Lipinski definition) is 1. The largest absolute Gasteiger partial charge is 0.481 e. The van der Waals surface area contributed by atoms with Crippen molar-refractivity contribution in [3.8, 4) is 11.8 Å². The number of carboxylic acid groups (broad SMARTS) is 1. The van der Waals surface area contributed by atoms with Gasteiger partial charge in [-0.25, -0.2) is 0 Å². The molecule has 0 spiro atoms. The molecule has 0 radical (unpaired) electrons. The Labute approximate surface area is 98.6 Å². The predicted octanol–water partition coefficient (Wildman–Crippen LogP) is 1.07. The number of nitrogens with zero attached hydrogens (tertiary/aromatic N) is 2. The van der Waals surface area contributed by atoms with Gasteiger partial charge in [0.05, 0.1) is 20.3 Å². The molecule has 1 aromatic rings. The summed E-state index contributed by atoms with van der Waals surface area (Å²) < 4.78 is 10.0. The van der Waals surface area contributed by atoms with Gasteiger partial charge in [0.25, 0.3) is 0 Å². The van der Waals surface area contributed by atoms with E-state index in [-0.39, 0.29) is 11.7 Å². The normalized spacial score (nSPS) is 16.4. The van der Waals surface area contributed by atoms with Crippen LogP contribution in [0.3, 0.4) is 0 Å². The summed E-state index contributed by atoms with van der Waals surface area (Å²) in [6, 6.07) is 1.52. The maximum Gasteiger partial charge on any atom is 0.314 e. The predicted molar refractivity (Wildman–Crippen MR) is 58.2 cm³/mol. The summed E-state index contributed by atoms with van der Waals surface area (Å²) >= 11 is 0. The van der Waals surface area contributed by atoms with E-state index in [4.69, 9.17) is 9.47 Å². The fourth-order valence-electron chi connectivity index (χ4n) is 1.72. The van der Waals surface area contributed by atoms with Gasteiger partial charge in [0.1, 0.15) is 5.92 Å². The Kier molecular flexibility index (Phi) is 3.12. The third-order valence-electron chi connectivity index (χ3n) is 2.75. The van der Waals surface area contributed by atoms with Crippen molar-refractivity contribution in [3.05, 3.63) is 11.9 Å². The Bertz CT molecular complexity index is 409. The summed E-state index contributed by atoms with van der Waals surface area (Å²) in [6.45, 7) is 0. The quantitative estimate of drug-likeness (QED) is 0.826. The molecule has 1 N–H and O–H groups in total. The van der Waals surface area contributed by atoms with Crippen molar-refractivity contribution < 1.29 is 19.4 Å². The molecule has 0 saturated heterocycles. The van der Waals surface area contributed by atoms with E-state index in [1.807, 2.05) is 0 Å². The van der Waals surface area contributed by atoms with Crippen LogP contribution < -0.4 is 9.47 Å². The summed E-state index contributed by atoms with van der Waals surface area (Å²) in [7, 11) is 2.94. The van der Waals surface area contributed by atoms with Gasteiger partial charge >= 0.3 is 5.97 Å². The number of rotatable bonds is 5. The maximum absolute atomic E-state index is 11.2. The standard InChI is InChI=1S/C11H14N2O4/c1-16-7-5-8(17-2)13-10(12-7)9(11(14)15)6-3-4-6/h5-6,9H,3-4H2,1-2H3,(H,14,15). The van der Waals surface area contributed by atoms with E-state index in [0.29, 0.717) is 11.8 Å². The lowest BCUT2D eigenvalue weighted by Gasteiger charge is -2.11. The van der Waals surface area contributed by atoms with Crippen molar-refractivity contribution in [1.29, 1.82) is 0 Å². The molecule has 6 nitrogen and oxygen atoms in total. The first-order chi connectivity index (χ1) is 8.15. The first-order valence-electron chi connectivity index (χ1n) is 5.35. The lowest BCUT2D eigenvalue weighted by atomic mass is 10.0. The summed E-state index contributed by atoms with van der Waals surface area (Å²) in [5, 5.41) is 9.20. The Balaban J connectivity index is 2.37. The van der Waals surface area contributed by atoms with Crippen molar-refractivity contribution in [1.82, 2.24) is 9.97 Å². The van der Waals surface area contributed by atoms with Crippen LogP contribution in [0.2, 0.25) is 0 Å². The SMILES string of the molecule is COc1cc(OC)nc(C(C(=O)O)C2CC2)n1. The topological polar surface area (TPSA) is 81.5 Å². The molecule has 0 amide bonds. The molecule has 1 aliphatic carbocycles. The second kappa shape index (κ2) is 4.57. The first kappa shape index (κ1) is 11.6. The third-order valence-corrected chi connectivity index (χ3v) is 2.75. The summed E-state index contributed by atoms with van der Waals surface area (Å²) in [5.74, 6) is -0.542. The number of carboxylic acids is 1. The van der Waals surface area contributed by atoms with Crippen LogP contribution >= 0.6 is 0 Å². The first-order valence-corrected chi connectivity index (χ1v) is 5.35. The van der Waals surface area contributed by atoms with Gasteiger partial charge in [-0.3, -0.25) is 4.79 Å². The molecular formula is C11H14N2O4. The molecule has 1 aromatic heterocycles. The Morgan fingerprint density at radius 1 is 1.35 bits per heavy atom. The Morgan fingerprint density at radius 2 is 1.88 bits per heavy atom. The minimum absolute atomic E-state index is 0.129. The lowest BCUT2D eigenvalue weighted by molar-refractivity contribution is -0.139. The minimum Gasteiger partial charge on any atom is -0.481 e. The van der Waals surface area contributed by atoms with E-state index in [0.717, 1.165) is 12.8 Å². The Hall–Kier alpha value is -1.85. The molecule has 6 heteroatoms. The molecular weight excluding hydrogens is 224 g/mol. The number of aromatic nitrogens is 2. The average Bonchev–Trinajstić information content (AvgIpc) is 3.12. The van der Waals surface area contributed by atoms with E-state index < -0.39 is 11.9 Å². The highest BCUT2D eigenvalue weighted by atomic mass is 16.5. The molecule has 1 heterocycles. The number of methoxy groups -OCH3 is 2. The fourth-order valence-corrected chi connectivity index (χ4v) is 1.72. The molecule has 92 valence electrons. The van der Waals surface area contributed by atoms with Crippen LogP contribution in [0, 0.1) is 5.92 Å². The van der Waals surface area contributed by atoms with E-state index in [9.17, 15) is 9.90 Å². The van der Waals surface area contributed by atoms with Crippen LogP contribution in [0.15, 0.2) is 6.07 Å². The third kappa shape index (κ3) is 2.46. The van der Waals surface area contributed by atoms with Crippen LogP contribution in [-0.4, -0.2) is 35.3 Å². The van der Waals surface area contributed by atoms with Crippen molar-refractivity contribution in [2.45, 2.75) is 18.8 Å². The molecule has 1 atom stereocenters. The number of aliphatic carboxylic acids is 1. The highest BCUT2D eigenvalue weighted by Gasteiger charge is 2.39. The van der Waals surface area contributed by atoms with Crippen LogP contribution in [0.25, 0.3) is 0 Å².